The van der Waals surface area contributed by atoms with Gasteiger partial charge in [0.25, 0.3) is 5.56 Å². The van der Waals surface area contributed by atoms with Crippen molar-refractivity contribution >= 4 is 38.7 Å². The van der Waals surface area contributed by atoms with Crippen LogP contribution in [0.2, 0.25) is 0 Å². The van der Waals surface area contributed by atoms with Gasteiger partial charge >= 0.3 is 0 Å². The summed E-state index contributed by atoms with van der Waals surface area (Å²) >= 11 is 3.04. The van der Waals surface area contributed by atoms with Crippen molar-refractivity contribution in [2.24, 2.45) is 5.92 Å². The van der Waals surface area contributed by atoms with Crippen molar-refractivity contribution in [1.29, 1.82) is 0 Å². The number of fused-ring (bicyclic) bond motifs is 3. The standard InChI is InChI=1S/C17H16N2O2S2/c1-10-4-5-11-14(7-10)23-16-15(11)17(21)19(9-18-16)8-12(20)13-3-2-6-22-13/h2-3,6,9-10H,4-5,7-8H2,1H3. The highest BCUT2D eigenvalue weighted by Crippen LogP contribution is 2.35. The number of hydrogen-bond donors (Lipinski definition) is 0. The fourth-order valence-electron chi connectivity index (χ4n) is 3.15. The topological polar surface area (TPSA) is 52.0 Å². The molecule has 1 atom stereocenters. The summed E-state index contributed by atoms with van der Waals surface area (Å²) < 4.78 is 1.45. The molecule has 1 aliphatic rings. The molecule has 0 radical (unpaired) electrons. The van der Waals surface area contributed by atoms with Crippen molar-refractivity contribution in [2.45, 2.75) is 32.7 Å². The number of ketones is 1. The first kappa shape index (κ1) is 14.8. The largest absolute Gasteiger partial charge is 0.291 e. The molecule has 23 heavy (non-hydrogen) atoms. The van der Waals surface area contributed by atoms with Crippen LogP contribution >= 0.6 is 22.7 Å². The predicted molar refractivity (Wildman–Crippen MR) is 93.7 cm³/mol. The zero-order valence-electron chi connectivity index (χ0n) is 12.7. The molecule has 0 saturated heterocycles. The Morgan fingerprint density at radius 1 is 1.48 bits per heavy atom. The third kappa shape index (κ3) is 2.56. The second kappa shape index (κ2) is 5.69. The number of carbonyl (C=O) groups excluding carboxylic acids is 1. The van der Waals surface area contributed by atoms with E-state index in [9.17, 15) is 9.59 Å². The van der Waals surface area contributed by atoms with Crippen LogP contribution in [0.5, 0.6) is 0 Å². The number of aryl methyl sites for hydroxylation is 1. The van der Waals surface area contributed by atoms with E-state index >= 15 is 0 Å². The van der Waals surface area contributed by atoms with Gasteiger partial charge in [-0.2, -0.15) is 0 Å². The van der Waals surface area contributed by atoms with Gasteiger partial charge in [0, 0.05) is 4.88 Å². The van der Waals surface area contributed by atoms with Crippen LogP contribution in [-0.2, 0) is 19.4 Å². The van der Waals surface area contributed by atoms with Gasteiger partial charge in [0.05, 0.1) is 23.1 Å². The Morgan fingerprint density at radius 3 is 3.13 bits per heavy atom. The van der Waals surface area contributed by atoms with Crippen LogP contribution in [0, 0.1) is 5.92 Å². The molecule has 4 rings (SSSR count). The van der Waals surface area contributed by atoms with E-state index in [2.05, 4.69) is 11.9 Å². The predicted octanol–water partition coefficient (Wildman–Crippen LogP) is 3.53. The average molecular weight is 344 g/mol. The molecule has 1 aliphatic carbocycles. The van der Waals surface area contributed by atoms with Gasteiger partial charge in [-0.1, -0.05) is 13.0 Å². The zero-order chi connectivity index (χ0) is 16.0. The second-order valence-electron chi connectivity index (χ2n) is 6.11. The Morgan fingerprint density at radius 2 is 2.35 bits per heavy atom. The molecule has 0 bridgehead atoms. The molecule has 118 valence electrons. The van der Waals surface area contributed by atoms with Gasteiger partial charge in [-0.25, -0.2) is 4.98 Å². The van der Waals surface area contributed by atoms with E-state index in [-0.39, 0.29) is 17.9 Å². The lowest BCUT2D eigenvalue weighted by Crippen LogP contribution is -2.25. The molecule has 1 unspecified atom stereocenters. The second-order valence-corrected chi connectivity index (χ2v) is 8.14. The summed E-state index contributed by atoms with van der Waals surface area (Å²) in [5.74, 6) is 0.624. The molecule has 0 fully saturated rings. The maximum Gasteiger partial charge on any atom is 0.262 e. The molecule has 0 aromatic carbocycles. The third-order valence-electron chi connectivity index (χ3n) is 4.39. The van der Waals surface area contributed by atoms with E-state index in [1.807, 2.05) is 11.4 Å². The Hall–Kier alpha value is -1.79. The lowest BCUT2D eigenvalue weighted by Gasteiger charge is -2.17. The van der Waals surface area contributed by atoms with Crippen molar-refractivity contribution in [3.63, 3.8) is 0 Å². The number of Topliss-reactive ketones (excluding diaryl/α,β-unsaturated/α-hetero) is 1. The number of hydrogen-bond acceptors (Lipinski definition) is 5. The fraction of sp³-hybridized carbons (Fsp3) is 0.353. The molecule has 3 heterocycles. The summed E-state index contributed by atoms with van der Waals surface area (Å²) in [6, 6.07) is 3.64. The lowest BCUT2D eigenvalue weighted by molar-refractivity contribution is 0.0974. The minimum absolute atomic E-state index is 0.0408. The van der Waals surface area contributed by atoms with Crippen molar-refractivity contribution in [2.75, 3.05) is 0 Å². The molecule has 3 aromatic rings. The Kier molecular flexibility index (Phi) is 3.66. The van der Waals surface area contributed by atoms with Crippen LogP contribution in [0.4, 0.5) is 0 Å². The van der Waals surface area contributed by atoms with Gasteiger partial charge in [0.15, 0.2) is 5.78 Å². The monoisotopic (exact) mass is 344 g/mol. The van der Waals surface area contributed by atoms with E-state index in [4.69, 9.17) is 0 Å². The van der Waals surface area contributed by atoms with E-state index < -0.39 is 0 Å². The lowest BCUT2D eigenvalue weighted by atomic mass is 9.89. The minimum Gasteiger partial charge on any atom is -0.291 e. The Bertz CT molecular complexity index is 938. The van der Waals surface area contributed by atoms with E-state index in [1.54, 1.807) is 17.4 Å². The maximum atomic E-state index is 12.8. The Labute approximate surface area is 141 Å². The van der Waals surface area contributed by atoms with Crippen molar-refractivity contribution < 1.29 is 4.79 Å². The zero-order valence-corrected chi connectivity index (χ0v) is 14.4. The van der Waals surface area contributed by atoms with E-state index in [0.29, 0.717) is 10.8 Å². The van der Waals surface area contributed by atoms with E-state index in [0.717, 1.165) is 29.5 Å². The molecule has 0 spiro atoms. The van der Waals surface area contributed by atoms with Gasteiger partial charge in [-0.05, 0) is 42.2 Å². The number of nitrogens with zero attached hydrogens (tertiary/aromatic N) is 2. The summed E-state index contributed by atoms with van der Waals surface area (Å²) in [5.41, 5.74) is 1.09. The van der Waals surface area contributed by atoms with Crippen molar-refractivity contribution in [3.05, 3.63) is 49.5 Å². The summed E-state index contributed by atoms with van der Waals surface area (Å²) in [4.78, 5) is 32.3. The molecule has 0 saturated carbocycles. The summed E-state index contributed by atoms with van der Waals surface area (Å²) in [5, 5.41) is 2.60. The molecule has 0 amide bonds. The number of aromatic nitrogens is 2. The summed E-state index contributed by atoms with van der Waals surface area (Å²) in [6.45, 7) is 2.31. The maximum absolute atomic E-state index is 12.8. The van der Waals surface area contributed by atoms with Crippen LogP contribution in [0.1, 0.15) is 33.5 Å². The molecule has 6 heteroatoms. The van der Waals surface area contributed by atoms with Gasteiger partial charge in [0.2, 0.25) is 0 Å². The number of thiophene rings is 2. The van der Waals surface area contributed by atoms with Crippen LogP contribution < -0.4 is 5.56 Å². The minimum atomic E-state index is -0.0769. The molecular weight excluding hydrogens is 328 g/mol. The van der Waals surface area contributed by atoms with Crippen LogP contribution in [-0.4, -0.2) is 15.3 Å². The number of rotatable bonds is 3. The molecule has 4 nitrogen and oxygen atoms in total. The summed E-state index contributed by atoms with van der Waals surface area (Å²) in [6.07, 6.45) is 4.60. The highest BCUT2D eigenvalue weighted by Gasteiger charge is 2.23. The molecule has 0 N–H and O–H groups in total. The highest BCUT2D eigenvalue weighted by atomic mass is 32.1. The molecular formula is C17H16N2O2S2. The SMILES string of the molecule is CC1CCc2c(sc3ncn(CC(=O)c4cccs4)c(=O)c23)C1. The smallest absolute Gasteiger partial charge is 0.262 e. The first-order valence-corrected chi connectivity index (χ1v) is 9.39. The molecule has 3 aromatic heterocycles. The highest BCUT2D eigenvalue weighted by molar-refractivity contribution is 7.18. The number of carbonyl (C=O) groups is 1. The van der Waals surface area contributed by atoms with Gasteiger partial charge in [-0.3, -0.25) is 14.2 Å². The summed E-state index contributed by atoms with van der Waals surface area (Å²) in [7, 11) is 0. The Balaban J connectivity index is 1.76. The normalized spacial score (nSPS) is 17.3. The first-order valence-electron chi connectivity index (χ1n) is 7.70. The van der Waals surface area contributed by atoms with Crippen molar-refractivity contribution in [1.82, 2.24) is 9.55 Å². The molecule has 0 aliphatic heterocycles. The fourth-order valence-corrected chi connectivity index (χ4v) is 5.15. The van der Waals surface area contributed by atoms with Gasteiger partial charge < -0.3 is 0 Å². The quantitative estimate of drug-likeness (QED) is 0.683. The third-order valence-corrected chi connectivity index (χ3v) is 6.47. The van der Waals surface area contributed by atoms with Crippen LogP contribution in [0.25, 0.3) is 10.2 Å². The van der Waals surface area contributed by atoms with Crippen molar-refractivity contribution in [3.8, 4) is 0 Å². The first-order chi connectivity index (χ1) is 11.1. The van der Waals surface area contributed by atoms with E-state index in [1.165, 1.54) is 32.7 Å². The van der Waals surface area contributed by atoms with Gasteiger partial charge in [0.1, 0.15) is 4.83 Å². The average Bonchev–Trinajstić information content (AvgIpc) is 3.16. The van der Waals surface area contributed by atoms with Crippen LogP contribution in [0.3, 0.4) is 0 Å². The van der Waals surface area contributed by atoms with Crippen LogP contribution in [0.15, 0.2) is 28.6 Å². The van der Waals surface area contributed by atoms with Gasteiger partial charge in [-0.15, -0.1) is 22.7 Å².